The van der Waals surface area contributed by atoms with E-state index in [2.05, 4.69) is 36.5 Å². The van der Waals surface area contributed by atoms with Crippen molar-refractivity contribution >= 4 is 33.5 Å². The highest BCUT2D eigenvalue weighted by atomic mass is 79.9. The van der Waals surface area contributed by atoms with Crippen LogP contribution in [0.15, 0.2) is 94.5 Å². The number of hydrogen-bond acceptors (Lipinski definition) is 5. The van der Waals surface area contributed by atoms with E-state index < -0.39 is 11.9 Å². The summed E-state index contributed by atoms with van der Waals surface area (Å²) in [5.74, 6) is -1.13. The number of nitrogens with one attached hydrogen (secondary N) is 1. The zero-order valence-electron chi connectivity index (χ0n) is 17.9. The predicted octanol–water partition coefficient (Wildman–Crippen LogP) is 4.70. The van der Waals surface area contributed by atoms with Crippen LogP contribution >= 0.6 is 15.9 Å². The van der Waals surface area contributed by atoms with Crippen LogP contribution in [0, 0.1) is 0 Å². The van der Waals surface area contributed by atoms with Crippen molar-refractivity contribution in [3.8, 4) is 17.1 Å². The first kappa shape index (κ1) is 23.1. The number of nitrogens with zero attached hydrogens (tertiary/aromatic N) is 4. The van der Waals surface area contributed by atoms with Gasteiger partial charge in [-0.25, -0.2) is 15.1 Å². The highest BCUT2D eigenvalue weighted by molar-refractivity contribution is 9.10. The molecule has 1 heterocycles. The Kier molecular flexibility index (Phi) is 7.24. The van der Waals surface area contributed by atoms with E-state index in [-0.39, 0.29) is 18.7 Å². The molecule has 0 spiro atoms. The number of hydrazone groups is 1. The maximum atomic E-state index is 12.9. The highest BCUT2D eigenvalue weighted by Crippen LogP contribution is 2.28. The van der Waals surface area contributed by atoms with E-state index in [1.165, 1.54) is 0 Å². The molecule has 2 N–H and O–H groups in total. The smallest absolute Gasteiger partial charge is 0.311 e. The molecule has 0 aliphatic heterocycles. The van der Waals surface area contributed by atoms with Crippen molar-refractivity contribution in [1.82, 2.24) is 20.2 Å². The first-order valence-electron chi connectivity index (χ1n) is 10.4. The number of hydrogen-bond donors (Lipinski definition) is 2. The topological polar surface area (TPSA) is 109 Å². The molecule has 0 fully saturated rings. The fourth-order valence-electron chi connectivity index (χ4n) is 3.26. The Bertz CT molecular complexity index is 1340. The Morgan fingerprint density at radius 1 is 0.912 bits per heavy atom. The number of carboxylic acids is 1. The Balaban J connectivity index is 1.68. The Labute approximate surface area is 204 Å². The van der Waals surface area contributed by atoms with Crippen LogP contribution in [0.25, 0.3) is 17.1 Å². The molecule has 0 aliphatic rings. The third-order valence-electron chi connectivity index (χ3n) is 4.90. The zero-order valence-corrected chi connectivity index (χ0v) is 19.5. The molecule has 4 aromatic rings. The second kappa shape index (κ2) is 10.7. The number of amides is 1. The van der Waals surface area contributed by atoms with E-state index in [1.807, 2.05) is 72.8 Å². The lowest BCUT2D eigenvalue weighted by atomic mass is 10.1. The molecule has 4 rings (SSSR count). The molecule has 0 radical (unpaired) electrons. The van der Waals surface area contributed by atoms with Crippen molar-refractivity contribution in [3.05, 3.63) is 101 Å². The lowest BCUT2D eigenvalue weighted by Crippen LogP contribution is -2.22. The van der Waals surface area contributed by atoms with Gasteiger partial charge in [-0.05, 0) is 23.8 Å². The van der Waals surface area contributed by atoms with Crippen LogP contribution in [0.4, 0.5) is 0 Å². The summed E-state index contributed by atoms with van der Waals surface area (Å²) in [6.07, 6.45) is 0.0460. The zero-order chi connectivity index (χ0) is 23.9. The van der Waals surface area contributed by atoms with Gasteiger partial charge in [-0.3, -0.25) is 9.59 Å². The van der Waals surface area contributed by atoms with Crippen LogP contribution in [0.5, 0.6) is 0 Å². The van der Waals surface area contributed by atoms with Gasteiger partial charge in [0.1, 0.15) is 0 Å². The molecule has 1 amide bonds. The van der Waals surface area contributed by atoms with Gasteiger partial charge in [0.25, 0.3) is 0 Å². The molecule has 1 aromatic heterocycles. The Morgan fingerprint density at radius 2 is 1.56 bits per heavy atom. The van der Waals surface area contributed by atoms with Crippen molar-refractivity contribution < 1.29 is 14.7 Å². The predicted molar refractivity (Wildman–Crippen MR) is 132 cm³/mol. The van der Waals surface area contributed by atoms with E-state index in [9.17, 15) is 9.59 Å². The quantitative estimate of drug-likeness (QED) is 0.260. The first-order chi connectivity index (χ1) is 16.5. The summed E-state index contributed by atoms with van der Waals surface area (Å²) in [4.78, 5) is 28.5. The van der Waals surface area contributed by atoms with Crippen molar-refractivity contribution in [2.45, 2.75) is 12.8 Å². The third kappa shape index (κ3) is 5.44. The summed E-state index contributed by atoms with van der Waals surface area (Å²) in [6, 6.07) is 26.0. The molecule has 0 atom stereocenters. The fraction of sp³-hybridized carbons (Fsp3) is 0.0800. The standard InChI is InChI=1S/C25H20BrN5O3/c26-20-14-8-7-13-19(20)24-27-23(30-31(24)18-11-5-2-6-12-18)25(34)29-28-21(15-16-22(32)33)17-9-3-1-4-10-17/h1-14H,15-16H2,(H,29,34)(H,32,33)/b28-21+. The van der Waals surface area contributed by atoms with Gasteiger partial charge in [-0.15, -0.1) is 5.10 Å². The molecule has 34 heavy (non-hydrogen) atoms. The molecule has 170 valence electrons. The summed E-state index contributed by atoms with van der Waals surface area (Å²) in [7, 11) is 0. The van der Waals surface area contributed by atoms with Gasteiger partial charge in [-0.1, -0.05) is 82.7 Å². The first-order valence-corrected chi connectivity index (χ1v) is 11.2. The minimum Gasteiger partial charge on any atom is -0.481 e. The average Bonchev–Trinajstić information content (AvgIpc) is 3.30. The van der Waals surface area contributed by atoms with Gasteiger partial charge >= 0.3 is 11.9 Å². The number of rotatable bonds is 8. The van der Waals surface area contributed by atoms with Crippen LogP contribution in [-0.4, -0.2) is 37.5 Å². The van der Waals surface area contributed by atoms with Crippen LogP contribution in [0.2, 0.25) is 0 Å². The number of benzene rings is 3. The molecule has 0 saturated heterocycles. The molecular formula is C25H20BrN5O3. The SMILES string of the molecule is O=C(O)CC/C(=N\NC(=O)c1nc(-c2ccccc2Br)n(-c2ccccc2)n1)c1ccccc1. The average molecular weight is 518 g/mol. The molecule has 0 bridgehead atoms. The molecule has 9 heteroatoms. The maximum absolute atomic E-state index is 12.9. The maximum Gasteiger partial charge on any atom is 0.311 e. The van der Waals surface area contributed by atoms with Crippen LogP contribution in [0.3, 0.4) is 0 Å². The van der Waals surface area contributed by atoms with E-state index in [0.29, 0.717) is 11.5 Å². The van der Waals surface area contributed by atoms with Crippen LogP contribution < -0.4 is 5.43 Å². The Morgan fingerprint density at radius 3 is 2.24 bits per heavy atom. The molecular weight excluding hydrogens is 498 g/mol. The van der Waals surface area contributed by atoms with Gasteiger partial charge in [0.15, 0.2) is 5.82 Å². The largest absolute Gasteiger partial charge is 0.481 e. The number of carboxylic acid groups (broad SMARTS) is 1. The minimum atomic E-state index is -0.948. The van der Waals surface area contributed by atoms with Crippen molar-refractivity contribution in [1.29, 1.82) is 0 Å². The van der Waals surface area contributed by atoms with Gasteiger partial charge < -0.3 is 5.11 Å². The van der Waals surface area contributed by atoms with Crippen LogP contribution in [-0.2, 0) is 4.79 Å². The van der Waals surface area contributed by atoms with Gasteiger partial charge in [0.2, 0.25) is 5.82 Å². The van der Waals surface area contributed by atoms with Gasteiger partial charge in [0.05, 0.1) is 17.8 Å². The van der Waals surface area contributed by atoms with Gasteiger partial charge in [0, 0.05) is 16.5 Å². The number of aliphatic carboxylic acids is 1. The van der Waals surface area contributed by atoms with E-state index in [4.69, 9.17) is 5.11 Å². The molecule has 3 aromatic carbocycles. The Hall–Kier alpha value is -4.11. The molecule has 0 saturated carbocycles. The van der Waals surface area contributed by atoms with E-state index >= 15 is 0 Å². The summed E-state index contributed by atoms with van der Waals surface area (Å²) in [6.45, 7) is 0. The molecule has 8 nitrogen and oxygen atoms in total. The van der Waals surface area contributed by atoms with Gasteiger partial charge in [-0.2, -0.15) is 5.10 Å². The van der Waals surface area contributed by atoms with E-state index in [1.54, 1.807) is 16.8 Å². The number of carbonyl (C=O) groups is 2. The molecule has 0 unspecified atom stereocenters. The monoisotopic (exact) mass is 517 g/mol. The summed E-state index contributed by atoms with van der Waals surface area (Å²) < 4.78 is 2.41. The summed E-state index contributed by atoms with van der Waals surface area (Å²) in [5, 5.41) is 17.7. The molecule has 0 aliphatic carbocycles. The van der Waals surface area contributed by atoms with Crippen molar-refractivity contribution in [2.75, 3.05) is 0 Å². The van der Waals surface area contributed by atoms with Crippen molar-refractivity contribution in [3.63, 3.8) is 0 Å². The van der Waals surface area contributed by atoms with E-state index in [0.717, 1.165) is 21.3 Å². The highest BCUT2D eigenvalue weighted by Gasteiger charge is 2.20. The van der Waals surface area contributed by atoms with Crippen LogP contribution in [0.1, 0.15) is 29.0 Å². The number of halogens is 1. The second-order valence-electron chi connectivity index (χ2n) is 7.25. The fourth-order valence-corrected chi connectivity index (χ4v) is 3.73. The number of para-hydroxylation sites is 1. The summed E-state index contributed by atoms with van der Waals surface area (Å²) >= 11 is 3.54. The minimum absolute atomic E-state index is 0.0657. The van der Waals surface area contributed by atoms with Crippen molar-refractivity contribution in [2.24, 2.45) is 5.10 Å². The third-order valence-corrected chi connectivity index (χ3v) is 5.59. The lowest BCUT2D eigenvalue weighted by molar-refractivity contribution is -0.136. The summed E-state index contributed by atoms with van der Waals surface area (Å²) in [5.41, 5.74) is 5.17. The lowest BCUT2D eigenvalue weighted by Gasteiger charge is -2.07. The number of carbonyl (C=O) groups excluding carboxylic acids is 1. The normalized spacial score (nSPS) is 11.3. The second-order valence-corrected chi connectivity index (χ2v) is 8.10. The number of aromatic nitrogens is 3.